The largest absolute Gasteiger partial charge is 0.493 e. The summed E-state index contributed by atoms with van der Waals surface area (Å²) in [4.78, 5) is 22.8. The highest BCUT2D eigenvalue weighted by Crippen LogP contribution is 2.33. The number of nitrogens with one attached hydrogen (secondary N) is 2. The summed E-state index contributed by atoms with van der Waals surface area (Å²) < 4.78 is 7.61. The van der Waals surface area contributed by atoms with Gasteiger partial charge in [-0.05, 0) is 57.1 Å². The quantitative estimate of drug-likeness (QED) is 0.474. The SMILES string of the molecule is CCCOc1ccc(N(CC)C(=S)NCC)cc1-c1nc2c(CCC)nn(C)c2c(=O)[nH]1. The van der Waals surface area contributed by atoms with Crippen LogP contribution in [-0.2, 0) is 13.5 Å². The van der Waals surface area contributed by atoms with E-state index in [2.05, 4.69) is 29.2 Å². The van der Waals surface area contributed by atoms with Crippen molar-refractivity contribution in [2.24, 2.45) is 7.05 Å². The van der Waals surface area contributed by atoms with Gasteiger partial charge in [0.1, 0.15) is 17.1 Å². The zero-order valence-corrected chi connectivity index (χ0v) is 20.3. The molecule has 0 atom stereocenters. The highest BCUT2D eigenvalue weighted by Gasteiger charge is 2.19. The van der Waals surface area contributed by atoms with Gasteiger partial charge >= 0.3 is 0 Å². The maximum atomic E-state index is 13.0. The molecule has 0 saturated carbocycles. The standard InChI is InChI=1S/C23H32N6O2S/c1-6-10-17-19-20(28(5)27-17)22(30)26-21(25-19)16-14-15(11-12-18(16)31-13-7-2)29(9-4)23(32)24-8-3/h11-12,14H,6-10,13H2,1-5H3,(H,24,32)(H,25,26,30). The Morgan fingerprint density at radius 3 is 2.69 bits per heavy atom. The van der Waals surface area contributed by atoms with Crippen LogP contribution in [0.3, 0.4) is 0 Å². The molecule has 3 aromatic rings. The van der Waals surface area contributed by atoms with Gasteiger partial charge in [-0.2, -0.15) is 5.10 Å². The first-order valence-corrected chi connectivity index (χ1v) is 11.6. The Morgan fingerprint density at radius 1 is 1.25 bits per heavy atom. The van der Waals surface area contributed by atoms with Crippen molar-refractivity contribution >= 4 is 34.1 Å². The smallest absolute Gasteiger partial charge is 0.277 e. The lowest BCUT2D eigenvalue weighted by molar-refractivity contribution is 0.318. The molecular formula is C23H32N6O2S. The van der Waals surface area contributed by atoms with Crippen LogP contribution in [0.15, 0.2) is 23.0 Å². The minimum Gasteiger partial charge on any atom is -0.493 e. The number of H-pyrrole nitrogens is 1. The number of aromatic amines is 1. The number of aryl methyl sites for hydroxylation is 2. The maximum Gasteiger partial charge on any atom is 0.277 e. The Kier molecular flexibility index (Phi) is 7.84. The van der Waals surface area contributed by atoms with E-state index in [4.69, 9.17) is 21.9 Å². The third-order valence-corrected chi connectivity index (χ3v) is 5.50. The van der Waals surface area contributed by atoms with Crippen molar-refractivity contribution in [3.8, 4) is 17.1 Å². The Morgan fingerprint density at radius 2 is 2.03 bits per heavy atom. The molecule has 0 aliphatic carbocycles. The third-order valence-electron chi connectivity index (χ3n) is 5.13. The highest BCUT2D eigenvalue weighted by molar-refractivity contribution is 7.80. The fourth-order valence-electron chi connectivity index (χ4n) is 3.68. The Hall–Kier alpha value is -2.94. The van der Waals surface area contributed by atoms with Gasteiger partial charge in [0.2, 0.25) is 0 Å². The molecule has 0 aliphatic heterocycles. The number of aromatic nitrogens is 4. The lowest BCUT2D eigenvalue weighted by atomic mass is 10.1. The van der Waals surface area contributed by atoms with Gasteiger partial charge in [0.25, 0.3) is 5.56 Å². The molecule has 0 spiro atoms. The van der Waals surface area contributed by atoms with Gasteiger partial charge in [-0.3, -0.25) is 9.48 Å². The van der Waals surface area contributed by atoms with Gasteiger partial charge in [-0.25, -0.2) is 4.98 Å². The molecule has 9 heteroatoms. The van der Waals surface area contributed by atoms with E-state index in [-0.39, 0.29) is 5.56 Å². The second-order valence-electron chi connectivity index (χ2n) is 7.54. The van der Waals surface area contributed by atoms with Crippen LogP contribution in [0.25, 0.3) is 22.4 Å². The van der Waals surface area contributed by atoms with E-state index in [1.807, 2.05) is 36.9 Å². The van der Waals surface area contributed by atoms with E-state index >= 15 is 0 Å². The average Bonchev–Trinajstić information content (AvgIpc) is 3.09. The van der Waals surface area contributed by atoms with Gasteiger partial charge in [-0.1, -0.05) is 20.3 Å². The number of fused-ring (bicyclic) bond motifs is 1. The zero-order chi connectivity index (χ0) is 23.3. The van der Waals surface area contributed by atoms with Crippen molar-refractivity contribution in [2.45, 2.75) is 47.0 Å². The van der Waals surface area contributed by atoms with E-state index < -0.39 is 0 Å². The lowest BCUT2D eigenvalue weighted by Crippen LogP contribution is -2.39. The highest BCUT2D eigenvalue weighted by atomic mass is 32.1. The molecule has 0 saturated heterocycles. The van der Waals surface area contributed by atoms with E-state index in [0.717, 1.165) is 42.8 Å². The van der Waals surface area contributed by atoms with Crippen molar-refractivity contribution in [3.05, 3.63) is 34.2 Å². The number of benzene rings is 1. The Bertz CT molecular complexity index is 1150. The molecule has 0 radical (unpaired) electrons. The van der Waals surface area contributed by atoms with E-state index in [9.17, 15) is 4.79 Å². The van der Waals surface area contributed by atoms with E-state index in [1.165, 1.54) is 0 Å². The number of rotatable bonds is 9. The molecule has 0 bridgehead atoms. The van der Waals surface area contributed by atoms with Gasteiger partial charge < -0.3 is 19.9 Å². The average molecular weight is 457 g/mol. The summed E-state index contributed by atoms with van der Waals surface area (Å²) in [6.45, 7) is 10.2. The van der Waals surface area contributed by atoms with Crippen LogP contribution in [0.4, 0.5) is 5.69 Å². The second-order valence-corrected chi connectivity index (χ2v) is 7.93. The molecular weight excluding hydrogens is 424 g/mol. The molecule has 0 amide bonds. The van der Waals surface area contributed by atoms with E-state index in [1.54, 1.807) is 11.7 Å². The van der Waals surface area contributed by atoms with Gasteiger partial charge in [0.05, 0.1) is 17.9 Å². The number of hydrogen-bond acceptors (Lipinski definition) is 5. The van der Waals surface area contributed by atoms with Crippen molar-refractivity contribution in [2.75, 3.05) is 24.6 Å². The Balaban J connectivity index is 2.19. The summed E-state index contributed by atoms with van der Waals surface area (Å²) in [6.07, 6.45) is 2.55. The number of thiocarbonyl (C=S) groups is 1. The predicted octanol–water partition coefficient (Wildman–Crippen LogP) is 3.79. The molecule has 0 fully saturated rings. The normalized spacial score (nSPS) is 11.0. The van der Waals surface area contributed by atoms with Crippen LogP contribution in [0.1, 0.15) is 46.2 Å². The lowest BCUT2D eigenvalue weighted by Gasteiger charge is -2.25. The van der Waals surface area contributed by atoms with Crippen LogP contribution in [0, 0.1) is 0 Å². The Labute approximate surface area is 194 Å². The topological polar surface area (TPSA) is 88.1 Å². The molecule has 2 heterocycles. The summed E-state index contributed by atoms with van der Waals surface area (Å²) in [6, 6.07) is 5.86. The van der Waals surface area contributed by atoms with Crippen molar-refractivity contribution in [3.63, 3.8) is 0 Å². The van der Waals surface area contributed by atoms with Gasteiger partial charge in [0.15, 0.2) is 10.6 Å². The fraction of sp³-hybridized carbons (Fsp3) is 0.478. The number of anilines is 1. The molecule has 3 rings (SSSR count). The molecule has 1 aromatic carbocycles. The number of nitrogens with zero attached hydrogens (tertiary/aromatic N) is 4. The summed E-state index contributed by atoms with van der Waals surface area (Å²) >= 11 is 5.55. The van der Waals surface area contributed by atoms with Crippen LogP contribution in [-0.4, -0.2) is 44.6 Å². The third kappa shape index (κ3) is 4.77. The first-order chi connectivity index (χ1) is 15.4. The van der Waals surface area contributed by atoms with Gasteiger partial charge in [0, 0.05) is 25.8 Å². The molecule has 2 aromatic heterocycles. The minimum absolute atomic E-state index is 0.218. The molecule has 0 aliphatic rings. The van der Waals surface area contributed by atoms with Crippen molar-refractivity contribution in [1.29, 1.82) is 0 Å². The molecule has 8 nitrogen and oxygen atoms in total. The molecule has 32 heavy (non-hydrogen) atoms. The first-order valence-electron chi connectivity index (χ1n) is 11.2. The molecule has 2 N–H and O–H groups in total. The first kappa shape index (κ1) is 23.7. The van der Waals surface area contributed by atoms with E-state index in [0.29, 0.717) is 40.9 Å². The van der Waals surface area contributed by atoms with Crippen LogP contribution in [0.2, 0.25) is 0 Å². The summed E-state index contributed by atoms with van der Waals surface area (Å²) in [5.41, 5.74) is 3.35. The monoisotopic (exact) mass is 456 g/mol. The van der Waals surface area contributed by atoms with Crippen molar-refractivity contribution in [1.82, 2.24) is 25.1 Å². The zero-order valence-electron chi connectivity index (χ0n) is 19.5. The summed E-state index contributed by atoms with van der Waals surface area (Å²) in [5.74, 6) is 1.13. The van der Waals surface area contributed by atoms with Crippen LogP contribution < -0.4 is 20.5 Å². The van der Waals surface area contributed by atoms with Crippen LogP contribution >= 0.6 is 12.2 Å². The second kappa shape index (κ2) is 10.6. The number of hydrogen-bond donors (Lipinski definition) is 2. The molecule has 0 unspecified atom stereocenters. The maximum absolute atomic E-state index is 13.0. The summed E-state index contributed by atoms with van der Waals surface area (Å²) in [5, 5.41) is 8.37. The fourth-order valence-corrected chi connectivity index (χ4v) is 4.06. The number of ether oxygens (including phenoxy) is 1. The molecule has 172 valence electrons. The van der Waals surface area contributed by atoms with Crippen LogP contribution in [0.5, 0.6) is 5.75 Å². The van der Waals surface area contributed by atoms with Crippen molar-refractivity contribution < 1.29 is 4.74 Å². The predicted molar refractivity (Wildman–Crippen MR) is 134 cm³/mol. The van der Waals surface area contributed by atoms with Gasteiger partial charge in [-0.15, -0.1) is 0 Å². The summed E-state index contributed by atoms with van der Waals surface area (Å²) in [7, 11) is 1.77. The minimum atomic E-state index is -0.218.